The minimum atomic E-state index is -11.1. The van der Waals surface area contributed by atoms with Crippen LogP contribution in [0.25, 0.3) is 0 Å². The van der Waals surface area contributed by atoms with Crippen LogP contribution in [0.15, 0.2) is 0 Å². The number of unbranched alkanes of at least 4 members (excludes halogenated alkanes) is 15. The van der Waals surface area contributed by atoms with Crippen LogP contribution in [0, 0.1) is 0 Å². The molecular formula is C21H42AsF9OS. The number of hydrogen-bond acceptors (Lipinski definition) is 1. The molecule has 0 unspecified atom stereocenters. The second-order valence-corrected chi connectivity index (χ2v) is 14.3. The Hall–Kier alpha value is 0.238. The third-order valence-corrected chi connectivity index (χ3v) is 5.31. The molecule has 0 aromatic heterocycles. The number of alkyl halides is 3. The van der Waals surface area contributed by atoms with Crippen molar-refractivity contribution in [2.75, 3.05) is 19.1 Å². The van der Waals surface area contributed by atoms with Gasteiger partial charge in [0.1, 0.15) is 30.3 Å². The Morgan fingerprint density at radius 1 is 0.515 bits per heavy atom. The van der Waals surface area contributed by atoms with Crippen molar-refractivity contribution in [3.05, 3.63) is 0 Å². The average molecular weight is 589 g/mol. The maximum atomic E-state index is 12.0. The summed E-state index contributed by atoms with van der Waals surface area (Å²) >= 11 is -10.9. The van der Waals surface area contributed by atoms with Crippen molar-refractivity contribution in [2.45, 2.75) is 115 Å². The molecular weight excluding hydrogens is 546 g/mol. The Morgan fingerprint density at radius 2 is 0.758 bits per heavy atom. The number of hydrogen-bond donors (Lipinski definition) is 0. The van der Waals surface area contributed by atoms with Gasteiger partial charge in [0.2, 0.25) is 0 Å². The average Bonchev–Trinajstić information content (AvgIpc) is 2.60. The van der Waals surface area contributed by atoms with Crippen molar-refractivity contribution >= 4 is 25.3 Å². The van der Waals surface area contributed by atoms with Gasteiger partial charge in [-0.2, -0.15) is 17.4 Å². The van der Waals surface area contributed by atoms with E-state index in [0.717, 1.165) is 25.9 Å². The molecule has 0 rings (SSSR count). The summed E-state index contributed by atoms with van der Waals surface area (Å²) in [4.78, 5) is 0. The molecule has 0 fully saturated rings. The summed E-state index contributed by atoms with van der Waals surface area (Å²) in [7, 11) is 0. The van der Waals surface area contributed by atoms with E-state index in [-0.39, 0.29) is 11.2 Å². The summed E-state index contributed by atoms with van der Waals surface area (Å²) < 4.78 is 101. The van der Waals surface area contributed by atoms with Gasteiger partial charge in [-0.25, -0.2) is 0 Å². The Bertz CT molecular complexity index is 442. The summed E-state index contributed by atoms with van der Waals surface area (Å²) in [5.74, 6) is 0. The van der Waals surface area contributed by atoms with Gasteiger partial charge in [0, 0.05) is 6.42 Å². The molecule has 12 heteroatoms. The third kappa shape index (κ3) is 54.6. The molecule has 0 aromatic rings. The Morgan fingerprint density at radius 3 is 1.00 bits per heavy atom. The van der Waals surface area contributed by atoms with Gasteiger partial charge in [0.25, 0.3) is 0 Å². The molecule has 0 saturated carbocycles. The quantitative estimate of drug-likeness (QED) is 0.0632. The zero-order valence-corrected chi connectivity index (χ0v) is 22.6. The SMILES string of the molecule is C[S+](C)OCCCCCCCCCCCCCCCCCCC(F)(F)F.F[As-](F)(F)(F)(F)F. The van der Waals surface area contributed by atoms with E-state index in [9.17, 15) is 34.0 Å². The minimum absolute atomic E-state index is 0.126. The maximum absolute atomic E-state index is 12.0. The topological polar surface area (TPSA) is 9.23 Å². The molecule has 33 heavy (non-hydrogen) atoms. The first-order chi connectivity index (χ1) is 14.9. The summed E-state index contributed by atoms with van der Waals surface area (Å²) in [5, 5.41) is 0. The van der Waals surface area contributed by atoms with Crippen molar-refractivity contribution in [1.82, 2.24) is 0 Å². The number of halogens is 9. The van der Waals surface area contributed by atoms with Gasteiger partial charge in [0.15, 0.2) is 0 Å². The van der Waals surface area contributed by atoms with Crippen molar-refractivity contribution < 1.29 is 38.2 Å². The van der Waals surface area contributed by atoms with Gasteiger partial charge in [-0.15, -0.1) is 0 Å². The molecule has 0 aliphatic heterocycles. The predicted molar refractivity (Wildman–Crippen MR) is 122 cm³/mol. The van der Waals surface area contributed by atoms with E-state index in [2.05, 4.69) is 12.5 Å². The van der Waals surface area contributed by atoms with Gasteiger partial charge in [-0.3, -0.25) is 0 Å². The monoisotopic (exact) mass is 588 g/mol. The van der Waals surface area contributed by atoms with Crippen LogP contribution in [0.5, 0.6) is 0 Å². The molecule has 0 N–H and O–H groups in total. The molecule has 0 spiro atoms. The Balaban J connectivity index is 0. The Kier molecular flexibility index (Phi) is 18.1. The van der Waals surface area contributed by atoms with Crippen LogP contribution >= 0.6 is 0 Å². The fourth-order valence-electron chi connectivity index (χ4n) is 3.13. The number of rotatable bonds is 19. The fraction of sp³-hybridized carbons (Fsp3) is 1.00. The van der Waals surface area contributed by atoms with E-state index in [1.54, 1.807) is 0 Å². The molecule has 0 saturated heterocycles. The van der Waals surface area contributed by atoms with E-state index in [4.69, 9.17) is 4.18 Å². The fourth-order valence-corrected chi connectivity index (χ4v) is 3.58. The third-order valence-electron chi connectivity index (χ3n) is 4.67. The normalized spacial score (nSPS) is 14.5. The van der Waals surface area contributed by atoms with Gasteiger partial charge in [-0.05, 0) is 12.8 Å². The van der Waals surface area contributed by atoms with Crippen molar-refractivity contribution in [2.24, 2.45) is 0 Å². The predicted octanol–water partition coefficient (Wildman–Crippen LogP) is 10.1. The second kappa shape index (κ2) is 16.8. The van der Waals surface area contributed by atoms with Gasteiger partial charge >= 0.3 is 41.1 Å². The summed E-state index contributed by atoms with van der Waals surface area (Å²) in [6.07, 6.45) is 18.4. The molecule has 0 aliphatic rings. The van der Waals surface area contributed by atoms with E-state index in [0.29, 0.717) is 6.42 Å². The summed E-state index contributed by atoms with van der Waals surface area (Å²) in [6.45, 7) is 0.920. The van der Waals surface area contributed by atoms with Crippen molar-refractivity contribution in [1.29, 1.82) is 0 Å². The van der Waals surface area contributed by atoms with Crippen LogP contribution in [0.4, 0.5) is 34.0 Å². The Labute approximate surface area is 198 Å². The van der Waals surface area contributed by atoms with Crippen LogP contribution in [-0.2, 0) is 15.4 Å². The molecule has 0 aliphatic carbocycles. The van der Waals surface area contributed by atoms with Gasteiger partial charge < -0.3 is 0 Å². The first kappa shape index (κ1) is 35.4. The first-order valence-corrected chi connectivity index (χ1v) is 17.9. The van der Waals surface area contributed by atoms with E-state index in [1.807, 2.05) is 0 Å². The van der Waals surface area contributed by atoms with Gasteiger partial charge in [-0.1, -0.05) is 89.9 Å². The summed E-state index contributed by atoms with van der Waals surface area (Å²) in [6, 6.07) is 0. The van der Waals surface area contributed by atoms with E-state index >= 15 is 0 Å². The molecule has 0 atom stereocenters. The van der Waals surface area contributed by atoms with Crippen LogP contribution in [0.2, 0.25) is 0 Å². The molecule has 0 radical (unpaired) electrons. The molecule has 0 bridgehead atoms. The zero-order valence-electron chi connectivity index (χ0n) is 19.9. The van der Waals surface area contributed by atoms with Crippen LogP contribution in [0.1, 0.15) is 109 Å². The zero-order chi connectivity index (χ0) is 25.9. The van der Waals surface area contributed by atoms with Crippen LogP contribution in [0.3, 0.4) is 0 Å². The van der Waals surface area contributed by atoms with Crippen LogP contribution in [-0.4, -0.2) is 39.5 Å². The molecule has 1 nitrogen and oxygen atoms in total. The summed E-state index contributed by atoms with van der Waals surface area (Å²) in [5.41, 5.74) is 0. The first-order valence-electron chi connectivity index (χ1n) is 11.7. The van der Waals surface area contributed by atoms with Crippen molar-refractivity contribution in [3.63, 3.8) is 0 Å². The van der Waals surface area contributed by atoms with E-state index < -0.39 is 26.8 Å². The molecule has 206 valence electrons. The molecule has 0 aromatic carbocycles. The molecule has 0 amide bonds. The van der Waals surface area contributed by atoms with Crippen LogP contribution < -0.4 is 0 Å². The standard InChI is InChI=1S/C21H42F3OS.AsF6/c1-26(2)25-20-18-16-14-12-10-8-6-4-3-5-7-9-11-13-15-17-19-21(22,23)24;2-1(3,4,5,6)7/h3-20H2,1-2H3;/q+1;-1. The molecule has 0 heterocycles. The van der Waals surface area contributed by atoms with Crippen molar-refractivity contribution in [3.8, 4) is 0 Å². The van der Waals surface area contributed by atoms with Gasteiger partial charge in [0.05, 0.1) is 0 Å². The van der Waals surface area contributed by atoms with E-state index in [1.165, 1.54) is 77.0 Å². The second-order valence-electron chi connectivity index (χ2n) is 8.54.